The highest BCUT2D eigenvalue weighted by molar-refractivity contribution is 7.89. The fraction of sp³-hybridized carbons (Fsp3) is 0.364. The molecule has 1 fully saturated rings. The summed E-state index contributed by atoms with van der Waals surface area (Å²) in [7, 11) is -0.714. The maximum Gasteiger partial charge on any atom is 0.247 e. The van der Waals surface area contributed by atoms with Gasteiger partial charge in [-0.3, -0.25) is 0 Å². The van der Waals surface area contributed by atoms with Crippen LogP contribution in [-0.2, 0) is 10.0 Å². The van der Waals surface area contributed by atoms with Crippen LogP contribution in [-0.4, -0.2) is 50.2 Å². The second-order valence-electron chi connectivity index (χ2n) is 7.53. The van der Waals surface area contributed by atoms with E-state index in [1.54, 1.807) is 6.07 Å². The molecule has 164 valence electrons. The Hall–Kier alpha value is -2.91. The van der Waals surface area contributed by atoms with Crippen LogP contribution >= 0.6 is 0 Å². The molecule has 0 spiro atoms. The van der Waals surface area contributed by atoms with E-state index in [1.165, 1.54) is 30.7 Å². The highest BCUT2D eigenvalue weighted by atomic mass is 32.2. The van der Waals surface area contributed by atoms with E-state index in [1.807, 2.05) is 31.2 Å². The van der Waals surface area contributed by atoms with Gasteiger partial charge in [0.1, 0.15) is 0 Å². The third-order valence-corrected chi connectivity index (χ3v) is 7.33. The summed E-state index contributed by atoms with van der Waals surface area (Å²) in [6.07, 6.45) is 1.49. The first-order chi connectivity index (χ1) is 14.9. The number of hydrogen-bond acceptors (Lipinski definition) is 7. The molecule has 0 aliphatic carbocycles. The molecule has 2 heterocycles. The molecule has 1 saturated heterocycles. The number of aryl methyl sites for hydroxylation is 1. The van der Waals surface area contributed by atoms with Gasteiger partial charge in [0, 0.05) is 24.7 Å². The maximum absolute atomic E-state index is 13.3. The van der Waals surface area contributed by atoms with Crippen molar-refractivity contribution in [3.63, 3.8) is 0 Å². The van der Waals surface area contributed by atoms with Gasteiger partial charge in [-0.25, -0.2) is 8.42 Å². The van der Waals surface area contributed by atoms with Gasteiger partial charge in [-0.2, -0.15) is 4.31 Å². The molecular weight excluding hydrogens is 418 g/mol. The molecule has 0 N–H and O–H groups in total. The minimum Gasteiger partial charge on any atom is -0.493 e. The van der Waals surface area contributed by atoms with Crippen LogP contribution in [0.5, 0.6) is 11.5 Å². The minimum absolute atomic E-state index is 0.157. The van der Waals surface area contributed by atoms with Crippen LogP contribution in [0.15, 0.2) is 51.8 Å². The topological polar surface area (TPSA) is 94.8 Å². The molecule has 0 bridgehead atoms. The van der Waals surface area contributed by atoms with Crippen LogP contribution in [0.4, 0.5) is 0 Å². The zero-order valence-electron chi connectivity index (χ0n) is 17.7. The molecule has 0 radical (unpaired) electrons. The van der Waals surface area contributed by atoms with Gasteiger partial charge in [0.05, 0.1) is 25.0 Å². The van der Waals surface area contributed by atoms with E-state index in [2.05, 4.69) is 10.2 Å². The lowest BCUT2D eigenvalue weighted by molar-refractivity contribution is 0.286. The largest absolute Gasteiger partial charge is 0.493 e. The molecule has 1 aliphatic heterocycles. The smallest absolute Gasteiger partial charge is 0.247 e. The van der Waals surface area contributed by atoms with E-state index in [-0.39, 0.29) is 17.4 Å². The molecule has 0 amide bonds. The Morgan fingerprint density at radius 1 is 1.03 bits per heavy atom. The fourth-order valence-electron chi connectivity index (χ4n) is 3.70. The van der Waals surface area contributed by atoms with Crippen LogP contribution in [0.25, 0.3) is 11.5 Å². The number of piperidine rings is 1. The minimum atomic E-state index is -3.70. The van der Waals surface area contributed by atoms with Gasteiger partial charge in [-0.05, 0) is 44.0 Å². The van der Waals surface area contributed by atoms with Gasteiger partial charge in [-0.15, -0.1) is 10.2 Å². The van der Waals surface area contributed by atoms with Gasteiger partial charge in [0.15, 0.2) is 11.5 Å². The summed E-state index contributed by atoms with van der Waals surface area (Å²) in [5.74, 6) is 1.59. The quantitative estimate of drug-likeness (QED) is 0.574. The predicted octanol–water partition coefficient (Wildman–Crippen LogP) is 3.63. The van der Waals surface area contributed by atoms with E-state index in [4.69, 9.17) is 13.9 Å². The van der Waals surface area contributed by atoms with Crippen molar-refractivity contribution in [2.45, 2.75) is 30.6 Å². The Kier molecular flexibility index (Phi) is 5.97. The average molecular weight is 444 g/mol. The van der Waals surface area contributed by atoms with Gasteiger partial charge in [0.25, 0.3) is 0 Å². The number of hydrogen-bond donors (Lipinski definition) is 0. The Bertz CT molecular complexity index is 1160. The van der Waals surface area contributed by atoms with Gasteiger partial charge < -0.3 is 13.9 Å². The highest BCUT2D eigenvalue weighted by Gasteiger charge is 2.33. The molecule has 9 heteroatoms. The summed E-state index contributed by atoms with van der Waals surface area (Å²) in [5.41, 5.74) is 1.99. The summed E-state index contributed by atoms with van der Waals surface area (Å²) in [6, 6.07) is 12.4. The summed E-state index contributed by atoms with van der Waals surface area (Å²) in [6.45, 7) is 2.73. The normalized spacial score (nSPS) is 17.5. The van der Waals surface area contributed by atoms with Crippen molar-refractivity contribution in [2.75, 3.05) is 27.3 Å². The molecule has 1 aliphatic rings. The Balaban J connectivity index is 1.55. The summed E-state index contributed by atoms with van der Waals surface area (Å²) >= 11 is 0. The fourth-order valence-corrected chi connectivity index (χ4v) is 5.24. The first-order valence-corrected chi connectivity index (χ1v) is 11.5. The van der Waals surface area contributed by atoms with E-state index < -0.39 is 10.0 Å². The number of methoxy groups -OCH3 is 2. The van der Waals surface area contributed by atoms with Crippen molar-refractivity contribution in [3.05, 3.63) is 53.9 Å². The molecule has 3 aromatic rings. The van der Waals surface area contributed by atoms with Gasteiger partial charge in [0.2, 0.25) is 21.8 Å². The second-order valence-corrected chi connectivity index (χ2v) is 9.47. The van der Waals surface area contributed by atoms with Crippen molar-refractivity contribution in [1.82, 2.24) is 14.5 Å². The van der Waals surface area contributed by atoms with Gasteiger partial charge in [-0.1, -0.05) is 17.7 Å². The van der Waals surface area contributed by atoms with Crippen molar-refractivity contribution >= 4 is 10.0 Å². The van der Waals surface area contributed by atoms with Crippen molar-refractivity contribution in [2.24, 2.45) is 0 Å². The van der Waals surface area contributed by atoms with Crippen molar-refractivity contribution < 1.29 is 22.3 Å². The lowest BCUT2D eigenvalue weighted by atomic mass is 10.00. The maximum atomic E-state index is 13.3. The number of benzene rings is 2. The summed E-state index contributed by atoms with van der Waals surface area (Å²) < 4.78 is 44.3. The third-order valence-electron chi connectivity index (χ3n) is 5.47. The van der Waals surface area contributed by atoms with E-state index >= 15 is 0 Å². The molecule has 31 heavy (non-hydrogen) atoms. The summed E-state index contributed by atoms with van der Waals surface area (Å²) in [4.78, 5) is 0.164. The van der Waals surface area contributed by atoms with Crippen LogP contribution in [0.1, 0.15) is 30.2 Å². The zero-order valence-corrected chi connectivity index (χ0v) is 18.6. The van der Waals surface area contributed by atoms with Crippen molar-refractivity contribution in [1.29, 1.82) is 0 Å². The third kappa shape index (κ3) is 4.28. The molecule has 1 atom stereocenters. The van der Waals surface area contributed by atoms with E-state index in [9.17, 15) is 8.42 Å². The number of sulfonamides is 1. The molecular formula is C22H25N3O5S. The van der Waals surface area contributed by atoms with Crippen LogP contribution in [0, 0.1) is 6.92 Å². The summed E-state index contributed by atoms with van der Waals surface area (Å²) in [5, 5.41) is 8.37. The number of nitrogens with zero attached hydrogens (tertiary/aromatic N) is 3. The Labute approximate surface area is 181 Å². The SMILES string of the molecule is COc1ccc(S(=O)(=O)N2CCCC(c3nnc(-c4ccc(C)cc4)o3)C2)cc1OC. The van der Waals surface area contributed by atoms with Crippen molar-refractivity contribution in [3.8, 4) is 23.0 Å². The zero-order chi connectivity index (χ0) is 22.0. The van der Waals surface area contributed by atoms with Crippen LogP contribution in [0.2, 0.25) is 0 Å². The first kappa shape index (κ1) is 21.3. The average Bonchev–Trinajstić information content (AvgIpc) is 3.29. The Morgan fingerprint density at radius 3 is 2.48 bits per heavy atom. The second kappa shape index (κ2) is 8.68. The van der Waals surface area contributed by atoms with E-state index in [0.29, 0.717) is 36.2 Å². The molecule has 2 aromatic carbocycles. The molecule has 1 aromatic heterocycles. The Morgan fingerprint density at radius 2 is 1.77 bits per heavy atom. The number of aromatic nitrogens is 2. The van der Waals surface area contributed by atoms with E-state index in [0.717, 1.165) is 17.5 Å². The monoisotopic (exact) mass is 443 g/mol. The van der Waals surface area contributed by atoms with Gasteiger partial charge >= 0.3 is 0 Å². The van der Waals surface area contributed by atoms with Crippen LogP contribution in [0.3, 0.4) is 0 Å². The molecule has 8 nitrogen and oxygen atoms in total. The lowest BCUT2D eigenvalue weighted by Crippen LogP contribution is -2.39. The standard InChI is InChI=1S/C22H25N3O5S/c1-15-6-8-16(9-7-15)21-23-24-22(30-21)17-5-4-12-25(14-17)31(26,27)18-10-11-19(28-2)20(13-18)29-3/h6-11,13,17H,4-5,12,14H2,1-3H3. The molecule has 1 unspecified atom stereocenters. The predicted molar refractivity (Wildman–Crippen MR) is 115 cm³/mol. The lowest BCUT2D eigenvalue weighted by Gasteiger charge is -2.30. The number of rotatable bonds is 6. The highest BCUT2D eigenvalue weighted by Crippen LogP contribution is 2.34. The number of ether oxygens (including phenoxy) is 2. The van der Waals surface area contributed by atoms with Crippen LogP contribution < -0.4 is 9.47 Å². The molecule has 0 saturated carbocycles. The molecule has 4 rings (SSSR count). The first-order valence-electron chi connectivity index (χ1n) is 10.0.